The lowest BCUT2D eigenvalue weighted by molar-refractivity contribution is 1.32. The molecule has 1 aromatic heterocycles. The van der Waals surface area contributed by atoms with E-state index in [9.17, 15) is 0 Å². The fourth-order valence-electron chi connectivity index (χ4n) is 1.31. The van der Waals surface area contributed by atoms with Crippen molar-refractivity contribution in [3.8, 4) is 11.3 Å². The molecule has 0 fully saturated rings. The van der Waals surface area contributed by atoms with Crippen molar-refractivity contribution in [3.63, 3.8) is 0 Å². The standard InChI is InChI=1S/C11H12N6S/c12-9(13)16-10(14)17-11-15-8(6-18-11)7-4-2-1-3-5-7/h1-6H,(H6,12,13,14,15,16,17). The van der Waals surface area contributed by atoms with Gasteiger partial charge in [-0.3, -0.25) is 0 Å². The molecule has 7 heteroatoms. The average Bonchev–Trinajstić information content (AvgIpc) is 2.77. The van der Waals surface area contributed by atoms with E-state index in [1.54, 1.807) is 0 Å². The Morgan fingerprint density at radius 1 is 1.11 bits per heavy atom. The molecule has 0 atom stereocenters. The number of guanidine groups is 2. The van der Waals surface area contributed by atoms with Crippen LogP contribution in [0.1, 0.15) is 0 Å². The number of nitrogens with two attached hydrogens (primary N) is 3. The second-order valence-electron chi connectivity index (χ2n) is 3.39. The van der Waals surface area contributed by atoms with Gasteiger partial charge >= 0.3 is 0 Å². The first-order valence-electron chi connectivity index (χ1n) is 5.10. The van der Waals surface area contributed by atoms with Crippen LogP contribution in [0.5, 0.6) is 0 Å². The fraction of sp³-hybridized carbons (Fsp3) is 0. The normalized spacial score (nSPS) is 11.2. The molecule has 0 saturated carbocycles. The SMILES string of the molecule is NC(N)=N/C(N)=N/c1nc(-c2ccccc2)cs1. The quantitative estimate of drug-likeness (QED) is 0.552. The van der Waals surface area contributed by atoms with Gasteiger partial charge in [-0.25, -0.2) is 4.98 Å². The Morgan fingerprint density at radius 2 is 1.83 bits per heavy atom. The number of rotatable bonds is 2. The highest BCUT2D eigenvalue weighted by Gasteiger charge is 2.03. The molecule has 18 heavy (non-hydrogen) atoms. The number of thiazole rings is 1. The zero-order valence-corrected chi connectivity index (χ0v) is 10.3. The predicted octanol–water partition coefficient (Wildman–Crippen LogP) is 1.03. The van der Waals surface area contributed by atoms with Crippen molar-refractivity contribution < 1.29 is 0 Å². The number of benzene rings is 1. The van der Waals surface area contributed by atoms with Crippen LogP contribution in [0.3, 0.4) is 0 Å². The van der Waals surface area contributed by atoms with Gasteiger partial charge in [-0.2, -0.15) is 9.98 Å². The summed E-state index contributed by atoms with van der Waals surface area (Å²) in [4.78, 5) is 11.9. The summed E-state index contributed by atoms with van der Waals surface area (Å²) >= 11 is 1.37. The molecule has 0 spiro atoms. The molecule has 0 aliphatic carbocycles. The average molecular weight is 260 g/mol. The number of nitrogens with zero attached hydrogens (tertiary/aromatic N) is 3. The first-order chi connectivity index (χ1) is 8.65. The van der Waals surface area contributed by atoms with Gasteiger partial charge in [-0.1, -0.05) is 30.3 Å². The molecule has 92 valence electrons. The summed E-state index contributed by atoms with van der Waals surface area (Å²) in [5.74, 6) is -0.139. The van der Waals surface area contributed by atoms with Crippen LogP contribution in [0.4, 0.5) is 5.13 Å². The third-order valence-electron chi connectivity index (χ3n) is 2.02. The van der Waals surface area contributed by atoms with Crippen LogP contribution in [0.25, 0.3) is 11.3 Å². The van der Waals surface area contributed by atoms with Crippen LogP contribution in [-0.4, -0.2) is 16.9 Å². The maximum Gasteiger partial charge on any atom is 0.225 e. The second-order valence-corrected chi connectivity index (χ2v) is 4.22. The van der Waals surface area contributed by atoms with Crippen molar-refractivity contribution in [1.82, 2.24) is 4.98 Å². The molecule has 0 bridgehead atoms. The Bertz CT molecular complexity index is 583. The van der Waals surface area contributed by atoms with Gasteiger partial charge in [0, 0.05) is 10.9 Å². The maximum absolute atomic E-state index is 5.52. The van der Waals surface area contributed by atoms with E-state index in [0.717, 1.165) is 11.3 Å². The van der Waals surface area contributed by atoms with E-state index in [1.165, 1.54) is 11.3 Å². The fourth-order valence-corrected chi connectivity index (χ4v) is 2.02. The van der Waals surface area contributed by atoms with Crippen LogP contribution in [0.15, 0.2) is 45.7 Å². The molecular formula is C11H12N6S. The number of hydrogen-bond donors (Lipinski definition) is 3. The molecule has 2 rings (SSSR count). The maximum atomic E-state index is 5.52. The first-order valence-corrected chi connectivity index (χ1v) is 5.98. The van der Waals surface area contributed by atoms with Crippen molar-refractivity contribution in [2.75, 3.05) is 0 Å². The third-order valence-corrected chi connectivity index (χ3v) is 2.75. The smallest absolute Gasteiger partial charge is 0.225 e. The van der Waals surface area contributed by atoms with Gasteiger partial charge < -0.3 is 17.2 Å². The summed E-state index contributed by atoms with van der Waals surface area (Å²) in [6, 6.07) is 9.80. The lowest BCUT2D eigenvalue weighted by atomic mass is 10.2. The van der Waals surface area contributed by atoms with Gasteiger partial charge in [0.05, 0.1) is 5.69 Å². The highest BCUT2D eigenvalue weighted by atomic mass is 32.1. The van der Waals surface area contributed by atoms with Crippen molar-refractivity contribution in [2.24, 2.45) is 27.2 Å². The molecule has 0 amide bonds. The minimum Gasteiger partial charge on any atom is -0.370 e. The first kappa shape index (κ1) is 12.1. The minimum absolute atomic E-state index is 0.0102. The van der Waals surface area contributed by atoms with Gasteiger partial charge in [0.2, 0.25) is 11.1 Å². The van der Waals surface area contributed by atoms with E-state index in [1.807, 2.05) is 35.7 Å². The van der Waals surface area contributed by atoms with E-state index in [2.05, 4.69) is 15.0 Å². The van der Waals surface area contributed by atoms with Crippen LogP contribution in [0.2, 0.25) is 0 Å². The molecule has 2 aromatic rings. The Morgan fingerprint density at radius 3 is 2.50 bits per heavy atom. The van der Waals surface area contributed by atoms with Crippen molar-refractivity contribution in [3.05, 3.63) is 35.7 Å². The minimum atomic E-state index is -0.129. The molecule has 0 saturated heterocycles. The van der Waals surface area contributed by atoms with Crippen molar-refractivity contribution in [2.45, 2.75) is 0 Å². The summed E-state index contributed by atoms with van der Waals surface area (Å²) < 4.78 is 0. The monoisotopic (exact) mass is 260 g/mol. The number of aromatic nitrogens is 1. The Labute approximate surface area is 108 Å². The Balaban J connectivity index is 2.24. The molecule has 6 N–H and O–H groups in total. The van der Waals surface area contributed by atoms with Crippen LogP contribution >= 0.6 is 11.3 Å². The van der Waals surface area contributed by atoms with E-state index in [0.29, 0.717) is 5.13 Å². The topological polar surface area (TPSA) is 116 Å². The second kappa shape index (κ2) is 5.28. The molecular weight excluding hydrogens is 248 g/mol. The highest BCUT2D eigenvalue weighted by Crippen LogP contribution is 2.26. The van der Waals surface area contributed by atoms with Gasteiger partial charge in [0.15, 0.2) is 5.96 Å². The van der Waals surface area contributed by atoms with Crippen molar-refractivity contribution in [1.29, 1.82) is 0 Å². The lowest BCUT2D eigenvalue weighted by Crippen LogP contribution is -2.26. The Kier molecular flexibility index (Phi) is 3.54. The Hall–Kier alpha value is -2.41. The van der Waals surface area contributed by atoms with Crippen LogP contribution in [0, 0.1) is 0 Å². The summed E-state index contributed by atoms with van der Waals surface area (Å²) in [6.45, 7) is 0. The van der Waals surface area contributed by atoms with E-state index < -0.39 is 0 Å². The van der Waals surface area contributed by atoms with Gasteiger partial charge in [-0.15, -0.1) is 11.3 Å². The largest absolute Gasteiger partial charge is 0.370 e. The van der Waals surface area contributed by atoms with Gasteiger partial charge in [0.1, 0.15) is 0 Å². The van der Waals surface area contributed by atoms with E-state index >= 15 is 0 Å². The van der Waals surface area contributed by atoms with Crippen LogP contribution < -0.4 is 17.2 Å². The molecule has 0 radical (unpaired) electrons. The van der Waals surface area contributed by atoms with Crippen LogP contribution in [-0.2, 0) is 0 Å². The summed E-state index contributed by atoms with van der Waals surface area (Å²) in [5.41, 5.74) is 17.8. The highest BCUT2D eigenvalue weighted by molar-refractivity contribution is 7.13. The number of aliphatic imine (C=N–C) groups is 2. The summed E-state index contributed by atoms with van der Waals surface area (Å²) in [7, 11) is 0. The summed E-state index contributed by atoms with van der Waals surface area (Å²) in [6.07, 6.45) is 0. The lowest BCUT2D eigenvalue weighted by Gasteiger charge is -1.94. The van der Waals surface area contributed by atoms with Gasteiger partial charge in [0.25, 0.3) is 0 Å². The predicted molar refractivity (Wildman–Crippen MR) is 74.6 cm³/mol. The molecule has 0 unspecified atom stereocenters. The number of hydrogen-bond acceptors (Lipinski definition) is 3. The third kappa shape index (κ3) is 3.05. The molecule has 1 aromatic carbocycles. The van der Waals surface area contributed by atoms with E-state index in [4.69, 9.17) is 17.2 Å². The summed E-state index contributed by atoms with van der Waals surface area (Å²) in [5, 5.41) is 2.41. The zero-order chi connectivity index (χ0) is 13.0. The molecule has 6 nitrogen and oxygen atoms in total. The molecule has 1 heterocycles. The van der Waals surface area contributed by atoms with E-state index in [-0.39, 0.29) is 11.9 Å². The van der Waals surface area contributed by atoms with Crippen molar-refractivity contribution >= 4 is 28.4 Å². The molecule has 0 aliphatic heterocycles. The zero-order valence-electron chi connectivity index (χ0n) is 9.45. The molecule has 0 aliphatic rings. The van der Waals surface area contributed by atoms with Gasteiger partial charge in [-0.05, 0) is 0 Å².